The maximum atomic E-state index is 14.0. The van der Waals surface area contributed by atoms with Gasteiger partial charge in [0.15, 0.2) is 0 Å². The number of benzene rings is 1. The fourth-order valence-corrected chi connectivity index (χ4v) is 4.25. The first-order valence-corrected chi connectivity index (χ1v) is 8.23. The van der Waals surface area contributed by atoms with Crippen LogP contribution in [0.3, 0.4) is 0 Å². The summed E-state index contributed by atoms with van der Waals surface area (Å²) in [4.78, 5) is -0.0582. The SMILES string of the molecule is Cc1nn(C)c(C)c1S(=O)(=O)N(CCO)c1ccc(F)cc1F. The molecule has 2 rings (SSSR count). The molecule has 0 unspecified atom stereocenters. The van der Waals surface area contributed by atoms with Crippen LogP contribution in [0, 0.1) is 25.5 Å². The van der Waals surface area contributed by atoms with Crippen molar-refractivity contribution in [3.8, 4) is 0 Å². The Morgan fingerprint density at radius 1 is 1.30 bits per heavy atom. The van der Waals surface area contributed by atoms with Crippen LogP contribution in [-0.4, -0.2) is 36.5 Å². The van der Waals surface area contributed by atoms with Crippen molar-refractivity contribution in [2.45, 2.75) is 18.7 Å². The lowest BCUT2D eigenvalue weighted by Gasteiger charge is -2.24. The Morgan fingerprint density at radius 2 is 1.96 bits per heavy atom. The number of aromatic nitrogens is 2. The van der Waals surface area contributed by atoms with Gasteiger partial charge in [0.05, 0.1) is 30.2 Å². The smallest absolute Gasteiger partial charge is 0.268 e. The quantitative estimate of drug-likeness (QED) is 0.891. The molecule has 2 aromatic rings. The summed E-state index contributed by atoms with van der Waals surface area (Å²) in [6.07, 6.45) is 0. The molecule has 0 aliphatic heterocycles. The van der Waals surface area contributed by atoms with E-state index in [-0.39, 0.29) is 22.8 Å². The molecule has 23 heavy (non-hydrogen) atoms. The third kappa shape index (κ3) is 3.06. The molecule has 1 aromatic heterocycles. The van der Waals surface area contributed by atoms with E-state index in [0.717, 1.165) is 16.4 Å². The first-order valence-electron chi connectivity index (χ1n) is 6.79. The number of nitrogens with zero attached hydrogens (tertiary/aromatic N) is 3. The van der Waals surface area contributed by atoms with Gasteiger partial charge in [-0.15, -0.1) is 0 Å². The van der Waals surface area contributed by atoms with Crippen molar-refractivity contribution in [2.75, 3.05) is 17.5 Å². The second-order valence-corrected chi connectivity index (χ2v) is 6.82. The highest BCUT2D eigenvalue weighted by atomic mass is 32.2. The van der Waals surface area contributed by atoms with E-state index >= 15 is 0 Å². The Morgan fingerprint density at radius 3 is 2.43 bits per heavy atom. The van der Waals surface area contributed by atoms with E-state index in [2.05, 4.69) is 5.10 Å². The number of anilines is 1. The van der Waals surface area contributed by atoms with Crippen molar-refractivity contribution < 1.29 is 22.3 Å². The standard InChI is InChI=1S/C14H17F2N3O3S/c1-9-14(10(2)18(3)17-9)23(21,22)19(6-7-20)13-5-4-11(15)8-12(13)16/h4-5,8,20H,6-7H2,1-3H3. The van der Waals surface area contributed by atoms with Gasteiger partial charge in [-0.2, -0.15) is 5.10 Å². The van der Waals surface area contributed by atoms with Gasteiger partial charge >= 0.3 is 0 Å². The predicted molar refractivity (Wildman–Crippen MR) is 80.7 cm³/mol. The van der Waals surface area contributed by atoms with Crippen LogP contribution in [0.4, 0.5) is 14.5 Å². The maximum Gasteiger partial charge on any atom is 0.268 e. The summed E-state index contributed by atoms with van der Waals surface area (Å²) in [5.41, 5.74) is 0.312. The first-order chi connectivity index (χ1) is 10.7. The van der Waals surface area contributed by atoms with E-state index in [0.29, 0.717) is 11.8 Å². The molecule has 0 amide bonds. The van der Waals surface area contributed by atoms with E-state index in [4.69, 9.17) is 0 Å². The Balaban J connectivity index is 2.64. The lowest BCUT2D eigenvalue weighted by molar-refractivity contribution is 0.306. The Bertz CT molecular complexity index is 834. The van der Waals surface area contributed by atoms with Crippen LogP contribution in [0.1, 0.15) is 11.4 Å². The maximum absolute atomic E-state index is 14.0. The number of halogens is 2. The second-order valence-electron chi connectivity index (χ2n) is 5.02. The number of aryl methyl sites for hydroxylation is 2. The van der Waals surface area contributed by atoms with Gasteiger partial charge < -0.3 is 5.11 Å². The lowest BCUT2D eigenvalue weighted by Crippen LogP contribution is -2.35. The average Bonchev–Trinajstić information content (AvgIpc) is 2.70. The molecule has 0 radical (unpaired) electrons. The van der Waals surface area contributed by atoms with Crippen molar-refractivity contribution in [1.29, 1.82) is 0 Å². The fourth-order valence-electron chi connectivity index (χ4n) is 2.38. The molecule has 0 saturated heterocycles. The largest absolute Gasteiger partial charge is 0.394 e. The molecular formula is C14H17F2N3O3S. The molecule has 0 fully saturated rings. The minimum absolute atomic E-state index is 0.0582. The minimum atomic E-state index is -4.16. The van der Waals surface area contributed by atoms with Crippen molar-refractivity contribution in [1.82, 2.24) is 9.78 Å². The molecule has 1 N–H and O–H groups in total. The van der Waals surface area contributed by atoms with E-state index in [9.17, 15) is 22.3 Å². The number of rotatable bonds is 5. The van der Waals surface area contributed by atoms with Crippen LogP contribution in [0.15, 0.2) is 23.1 Å². The summed E-state index contributed by atoms with van der Waals surface area (Å²) in [5.74, 6) is -1.84. The topological polar surface area (TPSA) is 75.4 Å². The summed E-state index contributed by atoms with van der Waals surface area (Å²) >= 11 is 0. The molecule has 0 bridgehead atoms. The van der Waals surface area contributed by atoms with Crippen LogP contribution in [0.2, 0.25) is 0 Å². The summed E-state index contributed by atoms with van der Waals surface area (Å²) in [7, 11) is -2.57. The van der Waals surface area contributed by atoms with Crippen LogP contribution in [0.5, 0.6) is 0 Å². The summed E-state index contributed by atoms with van der Waals surface area (Å²) in [6.45, 7) is 2.22. The Kier molecular flexibility index (Phi) is 4.71. The zero-order chi connectivity index (χ0) is 17.4. The normalized spacial score (nSPS) is 11.7. The van der Waals surface area contributed by atoms with E-state index < -0.39 is 28.3 Å². The second kappa shape index (κ2) is 6.25. The van der Waals surface area contributed by atoms with Crippen molar-refractivity contribution in [3.63, 3.8) is 0 Å². The summed E-state index contributed by atoms with van der Waals surface area (Å²) < 4.78 is 55.1. The van der Waals surface area contributed by atoms with Crippen LogP contribution >= 0.6 is 0 Å². The van der Waals surface area contributed by atoms with Crippen LogP contribution in [-0.2, 0) is 17.1 Å². The molecular weight excluding hydrogens is 328 g/mol. The lowest BCUT2D eigenvalue weighted by atomic mass is 10.3. The van der Waals surface area contributed by atoms with Gasteiger partial charge in [-0.05, 0) is 26.0 Å². The van der Waals surface area contributed by atoms with E-state index in [1.165, 1.54) is 11.6 Å². The Hall–Kier alpha value is -2.00. The van der Waals surface area contributed by atoms with E-state index in [1.54, 1.807) is 14.0 Å². The molecule has 6 nitrogen and oxygen atoms in total. The Labute approximate surface area is 133 Å². The van der Waals surface area contributed by atoms with Gasteiger partial charge in [-0.3, -0.25) is 8.99 Å². The van der Waals surface area contributed by atoms with Crippen molar-refractivity contribution >= 4 is 15.7 Å². The monoisotopic (exact) mass is 345 g/mol. The molecule has 1 aromatic carbocycles. The molecule has 0 spiro atoms. The zero-order valence-electron chi connectivity index (χ0n) is 12.9. The predicted octanol–water partition coefficient (Wildman–Crippen LogP) is 1.50. The fraction of sp³-hybridized carbons (Fsp3) is 0.357. The van der Waals surface area contributed by atoms with Gasteiger partial charge in [0.1, 0.15) is 16.5 Å². The highest BCUT2D eigenvalue weighted by Gasteiger charge is 2.32. The summed E-state index contributed by atoms with van der Waals surface area (Å²) in [5, 5.41) is 13.2. The van der Waals surface area contributed by atoms with Crippen LogP contribution < -0.4 is 4.31 Å². The van der Waals surface area contributed by atoms with Crippen molar-refractivity contribution in [2.24, 2.45) is 7.05 Å². The third-order valence-corrected chi connectivity index (χ3v) is 5.54. The van der Waals surface area contributed by atoms with Crippen LogP contribution in [0.25, 0.3) is 0 Å². The number of hydrogen-bond acceptors (Lipinski definition) is 4. The van der Waals surface area contributed by atoms with Gasteiger partial charge in [-0.25, -0.2) is 17.2 Å². The molecule has 0 atom stereocenters. The summed E-state index contributed by atoms with van der Waals surface area (Å²) in [6, 6.07) is 2.58. The third-order valence-electron chi connectivity index (χ3n) is 3.47. The molecule has 0 saturated carbocycles. The zero-order valence-corrected chi connectivity index (χ0v) is 13.7. The van der Waals surface area contributed by atoms with Gasteiger partial charge in [-0.1, -0.05) is 0 Å². The van der Waals surface area contributed by atoms with Crippen molar-refractivity contribution in [3.05, 3.63) is 41.2 Å². The molecule has 1 heterocycles. The number of aliphatic hydroxyl groups excluding tert-OH is 1. The number of sulfonamides is 1. The van der Waals surface area contributed by atoms with Gasteiger partial charge in [0.25, 0.3) is 10.0 Å². The average molecular weight is 345 g/mol. The minimum Gasteiger partial charge on any atom is -0.394 e. The first kappa shape index (κ1) is 17.4. The van der Waals surface area contributed by atoms with Gasteiger partial charge in [0.2, 0.25) is 0 Å². The van der Waals surface area contributed by atoms with E-state index in [1.807, 2.05) is 0 Å². The highest BCUT2D eigenvalue weighted by Crippen LogP contribution is 2.29. The highest BCUT2D eigenvalue weighted by molar-refractivity contribution is 7.93. The molecule has 0 aliphatic carbocycles. The number of hydrogen-bond donors (Lipinski definition) is 1. The van der Waals surface area contributed by atoms with Gasteiger partial charge in [0, 0.05) is 13.1 Å². The molecule has 126 valence electrons. The molecule has 0 aliphatic rings. The molecule has 9 heteroatoms. The number of aliphatic hydroxyl groups is 1.